The number of fused-ring (bicyclic) bond motifs is 1. The van der Waals surface area contributed by atoms with E-state index in [9.17, 15) is 23.1 Å². The zero-order chi connectivity index (χ0) is 18.8. The third kappa shape index (κ3) is 4.31. The summed E-state index contributed by atoms with van der Waals surface area (Å²) in [5.74, 6) is -1.73. The number of aryl methyl sites for hydroxylation is 1. The highest BCUT2D eigenvalue weighted by molar-refractivity contribution is 7.92. The Labute approximate surface area is 148 Å². The van der Waals surface area contributed by atoms with Crippen molar-refractivity contribution in [3.8, 4) is 0 Å². The maximum Gasteiger partial charge on any atom is 0.326 e. The summed E-state index contributed by atoms with van der Waals surface area (Å²) in [6.07, 6.45) is 3.14. The Kier molecular flexibility index (Phi) is 5.72. The topological polar surface area (TPSA) is 104 Å². The van der Waals surface area contributed by atoms with Crippen LogP contribution >= 0.6 is 0 Å². The lowest BCUT2D eigenvalue weighted by molar-refractivity contribution is -0.140. The van der Waals surface area contributed by atoms with Crippen LogP contribution in [0, 0.1) is 5.92 Å². The molecule has 0 bridgehead atoms. The number of carbonyl (C=O) groups excluding carboxylic acids is 1. The van der Waals surface area contributed by atoms with Crippen molar-refractivity contribution in [2.75, 3.05) is 17.1 Å². The van der Waals surface area contributed by atoms with Gasteiger partial charge in [0.1, 0.15) is 6.04 Å². The first-order chi connectivity index (χ1) is 11.6. The van der Waals surface area contributed by atoms with Crippen molar-refractivity contribution in [2.45, 2.75) is 39.2 Å². The van der Waals surface area contributed by atoms with E-state index in [0.29, 0.717) is 37.1 Å². The molecule has 0 saturated heterocycles. The number of hydrogen-bond acceptors (Lipinski definition) is 4. The minimum absolute atomic E-state index is 0.195. The average molecular weight is 368 g/mol. The maximum atomic E-state index is 12.4. The molecule has 2 rings (SSSR count). The Morgan fingerprint density at radius 2 is 2.04 bits per heavy atom. The van der Waals surface area contributed by atoms with Crippen molar-refractivity contribution < 1.29 is 23.1 Å². The first kappa shape index (κ1) is 19.2. The van der Waals surface area contributed by atoms with Crippen LogP contribution in [-0.2, 0) is 21.2 Å². The van der Waals surface area contributed by atoms with Crippen LogP contribution in [0.15, 0.2) is 18.2 Å². The quantitative estimate of drug-likeness (QED) is 0.794. The van der Waals surface area contributed by atoms with Crippen LogP contribution in [0.1, 0.15) is 42.6 Å². The number of aliphatic carboxylic acids is 1. The van der Waals surface area contributed by atoms with Gasteiger partial charge in [0.2, 0.25) is 10.0 Å². The fourth-order valence-corrected chi connectivity index (χ4v) is 3.95. The minimum Gasteiger partial charge on any atom is -0.480 e. The molecule has 2 N–H and O–H groups in total. The molecule has 0 unspecified atom stereocenters. The molecule has 8 heteroatoms. The van der Waals surface area contributed by atoms with Gasteiger partial charge in [0.15, 0.2) is 0 Å². The zero-order valence-corrected chi connectivity index (χ0v) is 15.5. The first-order valence-electron chi connectivity index (χ1n) is 8.29. The van der Waals surface area contributed by atoms with Gasteiger partial charge in [-0.3, -0.25) is 9.10 Å². The Hall–Kier alpha value is -2.09. The molecule has 2 atom stereocenters. The van der Waals surface area contributed by atoms with E-state index in [2.05, 4.69) is 5.32 Å². The van der Waals surface area contributed by atoms with Crippen LogP contribution in [0.4, 0.5) is 5.69 Å². The van der Waals surface area contributed by atoms with Gasteiger partial charge in [-0.1, -0.05) is 20.3 Å². The number of anilines is 1. The standard InChI is InChI=1S/C17H24N2O5S/c1-4-11(2)15(17(21)22)18-16(20)13-7-8-14-12(10-13)6-5-9-19(14)25(3,23)24/h7-8,10-11,15H,4-6,9H2,1-3H3,(H,18,20)(H,21,22)/t11-,15+/m1/s1. The number of carboxylic acid groups (broad SMARTS) is 1. The minimum atomic E-state index is -3.36. The largest absolute Gasteiger partial charge is 0.480 e. The number of carbonyl (C=O) groups is 2. The monoisotopic (exact) mass is 368 g/mol. The molecule has 138 valence electrons. The van der Waals surface area contributed by atoms with E-state index in [1.165, 1.54) is 10.4 Å². The van der Waals surface area contributed by atoms with E-state index >= 15 is 0 Å². The summed E-state index contributed by atoms with van der Waals surface area (Å²) in [4.78, 5) is 23.8. The lowest BCUT2D eigenvalue weighted by Crippen LogP contribution is -2.45. The third-order valence-corrected chi connectivity index (χ3v) is 5.76. The van der Waals surface area contributed by atoms with E-state index in [1.807, 2.05) is 6.92 Å². The maximum absolute atomic E-state index is 12.4. The van der Waals surface area contributed by atoms with Gasteiger partial charge >= 0.3 is 5.97 Å². The van der Waals surface area contributed by atoms with Crippen molar-refractivity contribution in [2.24, 2.45) is 5.92 Å². The molecular formula is C17H24N2O5S. The van der Waals surface area contributed by atoms with E-state index < -0.39 is 27.9 Å². The van der Waals surface area contributed by atoms with Crippen molar-refractivity contribution in [1.29, 1.82) is 0 Å². The predicted octanol–water partition coefficient (Wildman–Crippen LogP) is 1.63. The van der Waals surface area contributed by atoms with Crippen molar-refractivity contribution in [3.63, 3.8) is 0 Å². The number of benzene rings is 1. The summed E-state index contributed by atoms with van der Waals surface area (Å²) in [7, 11) is -3.36. The van der Waals surface area contributed by atoms with Gasteiger partial charge in [0, 0.05) is 12.1 Å². The fraction of sp³-hybridized carbons (Fsp3) is 0.529. The SMILES string of the molecule is CC[C@@H](C)[C@H](NC(=O)c1ccc2c(c1)CCCN2S(C)(=O)=O)C(=O)O. The van der Waals surface area contributed by atoms with Gasteiger partial charge in [0.05, 0.1) is 11.9 Å². The van der Waals surface area contributed by atoms with E-state index in [0.717, 1.165) is 11.8 Å². The van der Waals surface area contributed by atoms with E-state index in [1.54, 1.807) is 19.1 Å². The second-order valence-corrected chi connectivity index (χ2v) is 8.36. The number of sulfonamides is 1. The number of rotatable bonds is 6. The number of amides is 1. The molecule has 0 radical (unpaired) electrons. The molecule has 0 fully saturated rings. The van der Waals surface area contributed by atoms with Crippen molar-refractivity contribution >= 4 is 27.6 Å². The summed E-state index contributed by atoms with van der Waals surface area (Å²) in [5.41, 5.74) is 1.70. The fourth-order valence-electron chi connectivity index (χ4n) is 2.96. The highest BCUT2D eigenvalue weighted by Crippen LogP contribution is 2.30. The lowest BCUT2D eigenvalue weighted by atomic mass is 9.97. The van der Waals surface area contributed by atoms with Gasteiger partial charge in [-0.05, 0) is 42.5 Å². The molecular weight excluding hydrogens is 344 g/mol. The molecule has 25 heavy (non-hydrogen) atoms. The molecule has 0 aromatic heterocycles. The van der Waals surface area contributed by atoms with Crippen LogP contribution in [0.25, 0.3) is 0 Å². The highest BCUT2D eigenvalue weighted by Gasteiger charge is 2.28. The second kappa shape index (κ2) is 7.43. The predicted molar refractivity (Wildman–Crippen MR) is 95.3 cm³/mol. The molecule has 0 aliphatic carbocycles. The molecule has 1 heterocycles. The van der Waals surface area contributed by atoms with Gasteiger partial charge in [-0.15, -0.1) is 0 Å². The van der Waals surface area contributed by atoms with Gasteiger partial charge in [-0.2, -0.15) is 0 Å². The highest BCUT2D eigenvalue weighted by atomic mass is 32.2. The van der Waals surface area contributed by atoms with Crippen LogP contribution < -0.4 is 9.62 Å². The van der Waals surface area contributed by atoms with Gasteiger partial charge in [0.25, 0.3) is 5.91 Å². The lowest BCUT2D eigenvalue weighted by Gasteiger charge is -2.29. The molecule has 7 nitrogen and oxygen atoms in total. The number of nitrogens with zero attached hydrogens (tertiary/aromatic N) is 1. The molecule has 1 amide bonds. The smallest absolute Gasteiger partial charge is 0.326 e. The molecule has 1 aliphatic rings. The van der Waals surface area contributed by atoms with E-state index in [-0.39, 0.29) is 5.92 Å². The normalized spacial score (nSPS) is 16.7. The average Bonchev–Trinajstić information content (AvgIpc) is 2.56. The summed E-state index contributed by atoms with van der Waals surface area (Å²) in [6, 6.07) is 3.84. The first-order valence-corrected chi connectivity index (χ1v) is 10.1. The Morgan fingerprint density at radius 1 is 1.36 bits per heavy atom. The molecule has 1 aromatic rings. The van der Waals surface area contributed by atoms with Crippen LogP contribution in [0.2, 0.25) is 0 Å². The Morgan fingerprint density at radius 3 is 2.60 bits per heavy atom. The summed E-state index contributed by atoms with van der Waals surface area (Å²) >= 11 is 0. The molecule has 0 saturated carbocycles. The summed E-state index contributed by atoms with van der Waals surface area (Å²) in [6.45, 7) is 4.06. The number of nitrogens with one attached hydrogen (secondary N) is 1. The van der Waals surface area contributed by atoms with Gasteiger partial charge < -0.3 is 10.4 Å². The molecule has 1 aliphatic heterocycles. The van der Waals surface area contributed by atoms with Crippen LogP contribution in [0.5, 0.6) is 0 Å². The Balaban J connectivity index is 2.27. The number of hydrogen-bond donors (Lipinski definition) is 2. The van der Waals surface area contributed by atoms with E-state index in [4.69, 9.17) is 0 Å². The molecule has 1 aromatic carbocycles. The van der Waals surface area contributed by atoms with Crippen LogP contribution in [0.3, 0.4) is 0 Å². The van der Waals surface area contributed by atoms with Gasteiger partial charge in [-0.25, -0.2) is 13.2 Å². The summed E-state index contributed by atoms with van der Waals surface area (Å²) < 4.78 is 25.1. The third-order valence-electron chi connectivity index (χ3n) is 4.58. The summed E-state index contributed by atoms with van der Waals surface area (Å²) in [5, 5.41) is 11.9. The van der Waals surface area contributed by atoms with Crippen molar-refractivity contribution in [1.82, 2.24) is 5.32 Å². The number of carboxylic acids is 1. The van der Waals surface area contributed by atoms with Crippen molar-refractivity contribution in [3.05, 3.63) is 29.3 Å². The Bertz CT molecular complexity index is 775. The zero-order valence-electron chi connectivity index (χ0n) is 14.7. The molecule has 0 spiro atoms. The van der Waals surface area contributed by atoms with Crippen LogP contribution in [-0.4, -0.2) is 44.2 Å². The second-order valence-electron chi connectivity index (χ2n) is 6.46.